The minimum atomic E-state index is -0.0287. The first-order valence-corrected chi connectivity index (χ1v) is 6.89. The second kappa shape index (κ2) is 6.24. The molecule has 102 valence electrons. The van der Waals surface area contributed by atoms with Gasteiger partial charge in [0.1, 0.15) is 0 Å². The van der Waals surface area contributed by atoms with Gasteiger partial charge in [-0.15, -0.1) is 0 Å². The minimum absolute atomic E-state index is 0.0287. The highest BCUT2D eigenvalue weighted by Gasteiger charge is 2.38. The topological polar surface area (TPSA) is 23.6 Å². The molecule has 0 aliphatic carbocycles. The number of amides is 1. The first-order chi connectivity index (χ1) is 8.40. The van der Waals surface area contributed by atoms with E-state index in [4.69, 9.17) is 0 Å². The zero-order valence-electron chi connectivity index (χ0n) is 12.5. The summed E-state index contributed by atoms with van der Waals surface area (Å²) < 4.78 is 0. The van der Waals surface area contributed by atoms with Gasteiger partial charge in [-0.3, -0.25) is 9.69 Å². The average Bonchev–Trinajstić information content (AvgIpc) is 2.27. The highest BCUT2D eigenvalue weighted by molar-refractivity contribution is 5.93. The van der Waals surface area contributed by atoms with Gasteiger partial charge in [0.15, 0.2) is 0 Å². The molecular weight excluding hydrogens is 224 g/mol. The molecule has 1 fully saturated rings. The minimum Gasteiger partial charge on any atom is -0.326 e. The van der Waals surface area contributed by atoms with Crippen molar-refractivity contribution in [3.63, 3.8) is 0 Å². The molecule has 1 aliphatic heterocycles. The largest absolute Gasteiger partial charge is 0.326 e. The lowest BCUT2D eigenvalue weighted by molar-refractivity contribution is -0.133. The maximum atomic E-state index is 12.0. The van der Waals surface area contributed by atoms with Crippen molar-refractivity contribution >= 4 is 5.91 Å². The normalized spacial score (nSPS) is 25.2. The fourth-order valence-electron chi connectivity index (χ4n) is 3.05. The summed E-state index contributed by atoms with van der Waals surface area (Å²) >= 11 is 0. The summed E-state index contributed by atoms with van der Waals surface area (Å²) in [5, 5.41) is 0. The van der Waals surface area contributed by atoms with E-state index in [1.165, 1.54) is 0 Å². The Kier molecular flexibility index (Phi) is 5.22. The lowest BCUT2D eigenvalue weighted by Crippen LogP contribution is -2.63. The number of piperazine rings is 1. The molecule has 0 aromatic carbocycles. The van der Waals surface area contributed by atoms with Gasteiger partial charge in [-0.05, 0) is 39.5 Å². The Morgan fingerprint density at radius 3 is 2.28 bits per heavy atom. The third-order valence-corrected chi connectivity index (χ3v) is 3.81. The molecule has 0 aromatic heterocycles. The van der Waals surface area contributed by atoms with Crippen LogP contribution in [0.1, 0.15) is 41.5 Å². The fraction of sp³-hybridized carbons (Fsp3) is 0.800. The maximum absolute atomic E-state index is 12.0. The van der Waals surface area contributed by atoms with E-state index in [9.17, 15) is 4.79 Å². The van der Waals surface area contributed by atoms with Crippen LogP contribution in [0.3, 0.4) is 0 Å². The van der Waals surface area contributed by atoms with Crippen LogP contribution in [0.4, 0.5) is 0 Å². The van der Waals surface area contributed by atoms with Crippen molar-refractivity contribution in [2.24, 2.45) is 5.92 Å². The summed E-state index contributed by atoms with van der Waals surface area (Å²) in [5.41, 5.74) is 0. The molecule has 0 saturated carbocycles. The van der Waals surface area contributed by atoms with Crippen molar-refractivity contribution in [2.75, 3.05) is 13.1 Å². The Bertz CT molecular complexity index is 351. The van der Waals surface area contributed by atoms with Crippen LogP contribution >= 0.6 is 0 Å². The molecule has 0 bridgehead atoms. The second-order valence-corrected chi connectivity index (χ2v) is 5.68. The Balaban J connectivity index is 2.92. The molecule has 1 aliphatic rings. The van der Waals surface area contributed by atoms with Gasteiger partial charge in [0.25, 0.3) is 5.91 Å². The summed E-state index contributed by atoms with van der Waals surface area (Å²) in [6.45, 7) is 14.5. The summed E-state index contributed by atoms with van der Waals surface area (Å²) in [6.07, 6.45) is 0. The van der Waals surface area contributed by atoms with Crippen LogP contribution in [0.25, 0.3) is 0 Å². The van der Waals surface area contributed by atoms with Crippen molar-refractivity contribution in [1.82, 2.24) is 9.80 Å². The lowest BCUT2D eigenvalue weighted by Gasteiger charge is -2.49. The number of carbonyl (C=O) groups excluding carboxylic acids is 1. The number of nitrogens with zero attached hydrogens (tertiary/aromatic N) is 2. The molecule has 3 nitrogen and oxygen atoms in total. The molecule has 0 aromatic rings. The summed E-state index contributed by atoms with van der Waals surface area (Å²) in [5.74, 6) is 5.88. The van der Waals surface area contributed by atoms with Crippen molar-refractivity contribution in [2.45, 2.75) is 59.7 Å². The van der Waals surface area contributed by atoms with Crippen molar-refractivity contribution in [3.8, 4) is 11.8 Å². The zero-order chi connectivity index (χ0) is 13.9. The zero-order valence-corrected chi connectivity index (χ0v) is 12.5. The standard InChI is InChI=1S/C15H26N2O/c1-7-8-14(18)17-10-9-16(12(4)5)15(11(2)3)13(17)6/h11-13,15H,9-10H2,1-6H3. The molecule has 0 spiro atoms. The number of carbonyl (C=O) groups is 1. The highest BCUT2D eigenvalue weighted by atomic mass is 16.2. The van der Waals surface area contributed by atoms with Gasteiger partial charge in [0.05, 0.1) is 0 Å². The Hall–Kier alpha value is -1.01. The Labute approximate surface area is 112 Å². The van der Waals surface area contributed by atoms with E-state index >= 15 is 0 Å². The molecule has 1 saturated heterocycles. The molecule has 2 atom stereocenters. The first-order valence-electron chi connectivity index (χ1n) is 6.89. The first kappa shape index (κ1) is 15.0. The predicted octanol–water partition coefficient (Wildman–Crippen LogP) is 1.98. The van der Waals surface area contributed by atoms with Crippen LogP contribution in [-0.2, 0) is 4.79 Å². The molecule has 1 rings (SSSR count). The Morgan fingerprint density at radius 1 is 1.22 bits per heavy atom. The summed E-state index contributed by atoms with van der Waals surface area (Å²) in [6, 6.07) is 1.17. The lowest BCUT2D eigenvalue weighted by atomic mass is 9.91. The van der Waals surface area contributed by atoms with Crippen LogP contribution in [0.15, 0.2) is 0 Å². The molecule has 0 radical (unpaired) electrons. The van der Waals surface area contributed by atoms with Gasteiger partial charge in [-0.1, -0.05) is 19.8 Å². The van der Waals surface area contributed by atoms with Gasteiger partial charge >= 0.3 is 0 Å². The summed E-state index contributed by atoms with van der Waals surface area (Å²) in [4.78, 5) is 16.4. The molecule has 1 amide bonds. The van der Waals surface area contributed by atoms with E-state index < -0.39 is 0 Å². The molecule has 3 heteroatoms. The van der Waals surface area contributed by atoms with E-state index in [2.05, 4.69) is 51.4 Å². The van der Waals surface area contributed by atoms with Gasteiger partial charge in [-0.2, -0.15) is 0 Å². The van der Waals surface area contributed by atoms with E-state index in [0.29, 0.717) is 18.0 Å². The molecular formula is C15H26N2O. The maximum Gasteiger partial charge on any atom is 0.298 e. The van der Waals surface area contributed by atoms with Gasteiger partial charge in [0, 0.05) is 31.2 Å². The van der Waals surface area contributed by atoms with Crippen LogP contribution in [-0.4, -0.2) is 46.9 Å². The van der Waals surface area contributed by atoms with E-state index in [1.807, 2.05) is 4.90 Å². The second-order valence-electron chi connectivity index (χ2n) is 5.68. The van der Waals surface area contributed by atoms with E-state index in [-0.39, 0.29) is 11.9 Å². The van der Waals surface area contributed by atoms with E-state index in [0.717, 1.165) is 13.1 Å². The molecule has 0 N–H and O–H groups in total. The SMILES string of the molecule is CC#CC(=O)N1CCN(C(C)C)C(C(C)C)C1C. The molecule has 1 heterocycles. The fourth-order valence-corrected chi connectivity index (χ4v) is 3.05. The predicted molar refractivity (Wildman–Crippen MR) is 75.1 cm³/mol. The monoisotopic (exact) mass is 250 g/mol. The quantitative estimate of drug-likeness (QED) is 0.700. The van der Waals surface area contributed by atoms with Crippen molar-refractivity contribution in [1.29, 1.82) is 0 Å². The van der Waals surface area contributed by atoms with Gasteiger partial charge < -0.3 is 4.90 Å². The van der Waals surface area contributed by atoms with Crippen LogP contribution < -0.4 is 0 Å². The molecule has 18 heavy (non-hydrogen) atoms. The van der Waals surface area contributed by atoms with Crippen LogP contribution in [0.2, 0.25) is 0 Å². The van der Waals surface area contributed by atoms with Crippen LogP contribution in [0.5, 0.6) is 0 Å². The third kappa shape index (κ3) is 3.05. The van der Waals surface area contributed by atoms with Gasteiger partial charge in [0.2, 0.25) is 0 Å². The number of rotatable bonds is 2. The van der Waals surface area contributed by atoms with Crippen molar-refractivity contribution < 1.29 is 4.79 Å². The average molecular weight is 250 g/mol. The Morgan fingerprint density at radius 2 is 1.83 bits per heavy atom. The third-order valence-electron chi connectivity index (χ3n) is 3.81. The number of hydrogen-bond donors (Lipinski definition) is 0. The van der Waals surface area contributed by atoms with Crippen molar-refractivity contribution in [3.05, 3.63) is 0 Å². The highest BCUT2D eigenvalue weighted by Crippen LogP contribution is 2.25. The number of hydrogen-bond acceptors (Lipinski definition) is 2. The summed E-state index contributed by atoms with van der Waals surface area (Å²) in [7, 11) is 0. The van der Waals surface area contributed by atoms with E-state index in [1.54, 1.807) is 6.92 Å². The smallest absolute Gasteiger partial charge is 0.298 e. The van der Waals surface area contributed by atoms with Gasteiger partial charge in [-0.25, -0.2) is 0 Å². The van der Waals surface area contributed by atoms with Crippen LogP contribution in [0, 0.1) is 17.8 Å². The molecule has 2 unspecified atom stereocenters.